The molecule has 3 aromatic rings. The zero-order valence-electron chi connectivity index (χ0n) is 16.4. The van der Waals surface area contributed by atoms with Crippen LogP contribution in [0, 0.1) is 23.1 Å². The quantitative estimate of drug-likeness (QED) is 0.463. The van der Waals surface area contributed by atoms with Gasteiger partial charge in [-0.3, -0.25) is 0 Å². The fourth-order valence-electron chi connectivity index (χ4n) is 4.70. The lowest BCUT2D eigenvalue weighted by Crippen LogP contribution is -2.13. The predicted molar refractivity (Wildman–Crippen MR) is 114 cm³/mol. The van der Waals surface area contributed by atoms with Crippen molar-refractivity contribution < 1.29 is 4.39 Å². The van der Waals surface area contributed by atoms with Gasteiger partial charge in [-0.15, -0.1) is 0 Å². The molecule has 0 atom stereocenters. The maximum absolute atomic E-state index is 14.3. The molecule has 0 bridgehead atoms. The maximum Gasteiger partial charge on any atom is 0.148 e. The molecule has 0 heterocycles. The Bertz CT molecular complexity index is 1010. The lowest BCUT2D eigenvalue weighted by Gasteiger charge is -2.28. The molecule has 142 valence electrons. The molecule has 0 radical (unpaired) electrons. The second-order valence-electron chi connectivity index (χ2n) is 8.10. The van der Waals surface area contributed by atoms with Crippen molar-refractivity contribution in [2.45, 2.75) is 51.4 Å². The minimum absolute atomic E-state index is 0.0956. The summed E-state index contributed by atoms with van der Waals surface area (Å²) in [5, 5.41) is 10.3. The van der Waals surface area contributed by atoms with Crippen molar-refractivity contribution in [1.82, 2.24) is 0 Å². The van der Waals surface area contributed by atoms with E-state index in [4.69, 9.17) is 5.26 Å². The smallest absolute Gasteiger partial charge is 0.148 e. The zero-order valence-corrected chi connectivity index (χ0v) is 16.4. The molecule has 0 aromatic heterocycles. The largest absolute Gasteiger partial charge is 0.205 e. The monoisotopic (exact) mass is 371 g/mol. The van der Waals surface area contributed by atoms with Gasteiger partial charge in [-0.25, -0.2) is 4.39 Å². The number of benzene rings is 3. The van der Waals surface area contributed by atoms with E-state index in [-0.39, 0.29) is 5.56 Å². The van der Waals surface area contributed by atoms with Crippen molar-refractivity contribution in [1.29, 1.82) is 5.26 Å². The molecule has 1 aliphatic carbocycles. The topological polar surface area (TPSA) is 23.8 Å². The van der Waals surface area contributed by atoms with Gasteiger partial charge < -0.3 is 0 Å². The number of fused-ring (bicyclic) bond motifs is 1. The van der Waals surface area contributed by atoms with Crippen molar-refractivity contribution in [3.05, 3.63) is 71.5 Å². The number of halogens is 1. The van der Waals surface area contributed by atoms with Crippen LogP contribution >= 0.6 is 0 Å². The van der Waals surface area contributed by atoms with Crippen LogP contribution in [-0.4, -0.2) is 0 Å². The number of hydrogen-bond acceptors (Lipinski definition) is 1. The van der Waals surface area contributed by atoms with Crippen LogP contribution in [0.3, 0.4) is 0 Å². The number of nitriles is 1. The molecule has 1 nitrogen and oxygen atoms in total. The first-order valence-electron chi connectivity index (χ1n) is 10.4. The first-order valence-corrected chi connectivity index (χ1v) is 10.4. The highest BCUT2D eigenvalue weighted by molar-refractivity contribution is 5.88. The van der Waals surface area contributed by atoms with Crippen LogP contribution in [0.4, 0.5) is 4.39 Å². The summed E-state index contributed by atoms with van der Waals surface area (Å²) in [4.78, 5) is 0. The molecule has 0 aliphatic heterocycles. The Hall–Kier alpha value is -2.66. The molecule has 2 heteroatoms. The third-order valence-electron chi connectivity index (χ3n) is 6.33. The van der Waals surface area contributed by atoms with Crippen molar-refractivity contribution in [2.75, 3.05) is 0 Å². The summed E-state index contributed by atoms with van der Waals surface area (Å²) < 4.78 is 14.3. The summed E-state index contributed by atoms with van der Waals surface area (Å²) >= 11 is 0. The lowest BCUT2D eigenvalue weighted by molar-refractivity contribution is 0.308. The number of nitrogens with zero attached hydrogens (tertiary/aromatic N) is 1. The van der Waals surface area contributed by atoms with Crippen LogP contribution in [-0.2, 0) is 0 Å². The van der Waals surface area contributed by atoms with Gasteiger partial charge in [0.1, 0.15) is 11.9 Å². The van der Waals surface area contributed by atoms with E-state index in [1.54, 1.807) is 12.1 Å². The van der Waals surface area contributed by atoms with E-state index >= 15 is 0 Å². The SMILES string of the molecule is CCCC1CCC(c2ccc(-c3ccc4c(F)c(C#N)ccc4c3)cc2)CC1. The second kappa shape index (κ2) is 8.15. The van der Waals surface area contributed by atoms with Crippen LogP contribution in [0.25, 0.3) is 21.9 Å². The molecule has 3 aromatic carbocycles. The summed E-state index contributed by atoms with van der Waals surface area (Å²) in [6, 6.07) is 19.9. The summed E-state index contributed by atoms with van der Waals surface area (Å²) in [5.74, 6) is 1.19. The highest BCUT2D eigenvalue weighted by atomic mass is 19.1. The Morgan fingerprint density at radius 3 is 2.32 bits per heavy atom. The van der Waals surface area contributed by atoms with Crippen LogP contribution in [0.15, 0.2) is 54.6 Å². The minimum Gasteiger partial charge on any atom is -0.205 e. The molecule has 0 unspecified atom stereocenters. The van der Waals surface area contributed by atoms with Crippen molar-refractivity contribution in [2.24, 2.45) is 5.92 Å². The van der Waals surface area contributed by atoms with E-state index in [2.05, 4.69) is 31.2 Å². The normalized spacial score (nSPS) is 19.5. The third-order valence-corrected chi connectivity index (χ3v) is 6.33. The summed E-state index contributed by atoms with van der Waals surface area (Å²) in [6.07, 6.45) is 8.02. The Labute approximate surface area is 166 Å². The van der Waals surface area contributed by atoms with Crippen molar-refractivity contribution in [3.8, 4) is 17.2 Å². The van der Waals surface area contributed by atoms with E-state index < -0.39 is 5.82 Å². The highest BCUT2D eigenvalue weighted by Gasteiger charge is 2.21. The van der Waals surface area contributed by atoms with Gasteiger partial charge in [0.25, 0.3) is 0 Å². The van der Waals surface area contributed by atoms with Gasteiger partial charge in [0.05, 0.1) is 5.56 Å². The Morgan fingerprint density at radius 2 is 1.64 bits per heavy atom. The average Bonchev–Trinajstić information content (AvgIpc) is 2.75. The van der Waals surface area contributed by atoms with Crippen LogP contribution in [0.2, 0.25) is 0 Å². The minimum atomic E-state index is -0.430. The average molecular weight is 371 g/mol. The van der Waals surface area contributed by atoms with Gasteiger partial charge in [-0.1, -0.05) is 62.2 Å². The lowest BCUT2D eigenvalue weighted by atomic mass is 9.77. The van der Waals surface area contributed by atoms with Crippen LogP contribution in [0.1, 0.15) is 62.5 Å². The van der Waals surface area contributed by atoms with E-state index in [1.807, 2.05) is 24.3 Å². The van der Waals surface area contributed by atoms with E-state index in [9.17, 15) is 4.39 Å². The van der Waals surface area contributed by atoms with Crippen molar-refractivity contribution in [3.63, 3.8) is 0 Å². The Morgan fingerprint density at radius 1 is 0.929 bits per heavy atom. The maximum atomic E-state index is 14.3. The molecular weight excluding hydrogens is 345 g/mol. The zero-order chi connectivity index (χ0) is 19.5. The fraction of sp³-hybridized carbons (Fsp3) is 0.346. The molecule has 0 amide bonds. The molecule has 4 rings (SSSR count). The molecular formula is C26H26FN. The summed E-state index contributed by atoms with van der Waals surface area (Å²) in [7, 11) is 0. The standard InChI is InChI=1S/C26H26FN/c1-2-3-18-4-6-19(7-5-18)20-8-10-21(11-9-20)22-14-15-25-23(16-22)12-13-24(17-28)26(25)27/h8-16,18-19H,2-7H2,1H3. The van der Waals surface area contributed by atoms with Gasteiger partial charge in [0, 0.05) is 5.39 Å². The van der Waals surface area contributed by atoms with Crippen LogP contribution in [0.5, 0.6) is 0 Å². The van der Waals surface area contributed by atoms with E-state index in [0.29, 0.717) is 11.3 Å². The Kier molecular flexibility index (Phi) is 5.44. The van der Waals surface area contributed by atoms with Gasteiger partial charge in [0.2, 0.25) is 0 Å². The first kappa shape index (κ1) is 18.7. The number of rotatable bonds is 4. The first-order chi connectivity index (χ1) is 13.7. The predicted octanol–water partition coefficient (Wildman–Crippen LogP) is 7.59. The molecule has 1 saturated carbocycles. The second-order valence-corrected chi connectivity index (χ2v) is 8.10. The highest BCUT2D eigenvalue weighted by Crippen LogP contribution is 2.38. The number of hydrogen-bond donors (Lipinski definition) is 0. The van der Waals surface area contributed by atoms with E-state index in [1.165, 1.54) is 44.1 Å². The molecule has 0 N–H and O–H groups in total. The molecule has 0 saturated heterocycles. The molecule has 28 heavy (non-hydrogen) atoms. The van der Waals surface area contributed by atoms with Crippen LogP contribution < -0.4 is 0 Å². The van der Waals surface area contributed by atoms with E-state index in [0.717, 1.165) is 22.4 Å². The molecule has 0 spiro atoms. The molecule has 1 aliphatic rings. The van der Waals surface area contributed by atoms with Gasteiger partial charge in [-0.05, 0) is 71.7 Å². The molecule has 1 fully saturated rings. The van der Waals surface area contributed by atoms with Gasteiger partial charge >= 0.3 is 0 Å². The summed E-state index contributed by atoms with van der Waals surface area (Å²) in [5.41, 5.74) is 3.77. The van der Waals surface area contributed by atoms with Gasteiger partial charge in [-0.2, -0.15) is 5.26 Å². The fourth-order valence-corrected chi connectivity index (χ4v) is 4.70. The third kappa shape index (κ3) is 3.67. The van der Waals surface area contributed by atoms with Gasteiger partial charge in [0.15, 0.2) is 0 Å². The Balaban J connectivity index is 1.53. The summed E-state index contributed by atoms with van der Waals surface area (Å²) in [6.45, 7) is 2.29. The van der Waals surface area contributed by atoms with Crippen molar-refractivity contribution >= 4 is 10.8 Å².